The number of benzene rings is 9. The summed E-state index contributed by atoms with van der Waals surface area (Å²) in [6.45, 7) is 0. The Balaban J connectivity index is 1.11. The standard InChI is InChI=1S/C49H30N4/c1-3-12-33(13-4-1)47-50-48(34-14-5-2-6-15-34)52-49(51-47)42-29-25-32-23-27-40-37(26-22-31-24-28-41(42)46(32)45(31)40)35-16-11-17-36(30-35)53-43-20-9-7-18-38(43)39-19-8-10-21-44(39)53/h1-30H. The van der Waals surface area contributed by atoms with Gasteiger partial charge in [-0.25, -0.2) is 15.0 Å². The number of hydrogen-bond acceptors (Lipinski definition) is 3. The van der Waals surface area contributed by atoms with Crippen LogP contribution < -0.4 is 0 Å². The summed E-state index contributed by atoms with van der Waals surface area (Å²) in [7, 11) is 0. The zero-order chi connectivity index (χ0) is 34.9. The van der Waals surface area contributed by atoms with E-state index < -0.39 is 0 Å². The highest BCUT2D eigenvalue weighted by Gasteiger charge is 2.19. The Hall–Kier alpha value is -7.17. The maximum atomic E-state index is 5.10. The first-order valence-corrected chi connectivity index (χ1v) is 18.0. The minimum Gasteiger partial charge on any atom is -0.309 e. The molecule has 11 aromatic rings. The quantitative estimate of drug-likeness (QED) is 0.171. The highest BCUT2D eigenvalue weighted by Crippen LogP contribution is 2.43. The van der Waals surface area contributed by atoms with Crippen molar-refractivity contribution in [2.24, 2.45) is 0 Å². The van der Waals surface area contributed by atoms with E-state index in [-0.39, 0.29) is 0 Å². The number of aromatic nitrogens is 4. The van der Waals surface area contributed by atoms with Crippen LogP contribution in [0.3, 0.4) is 0 Å². The molecule has 0 N–H and O–H groups in total. The van der Waals surface area contributed by atoms with Crippen LogP contribution in [0.15, 0.2) is 182 Å². The molecule has 2 aromatic heterocycles. The van der Waals surface area contributed by atoms with Crippen molar-refractivity contribution in [2.45, 2.75) is 0 Å². The molecular weight excluding hydrogens is 645 g/mol. The van der Waals surface area contributed by atoms with Gasteiger partial charge in [-0.05, 0) is 73.8 Å². The molecule has 0 bridgehead atoms. The van der Waals surface area contributed by atoms with Crippen molar-refractivity contribution in [3.05, 3.63) is 182 Å². The Morgan fingerprint density at radius 1 is 0.321 bits per heavy atom. The van der Waals surface area contributed by atoms with E-state index in [4.69, 9.17) is 15.0 Å². The molecule has 0 unspecified atom stereocenters. The van der Waals surface area contributed by atoms with Crippen molar-refractivity contribution in [2.75, 3.05) is 0 Å². The van der Waals surface area contributed by atoms with E-state index in [9.17, 15) is 0 Å². The lowest BCUT2D eigenvalue weighted by molar-refractivity contribution is 1.08. The van der Waals surface area contributed by atoms with Crippen molar-refractivity contribution in [3.8, 4) is 51.0 Å². The summed E-state index contributed by atoms with van der Waals surface area (Å²) in [4.78, 5) is 15.1. The average molecular weight is 675 g/mol. The molecule has 246 valence electrons. The van der Waals surface area contributed by atoms with E-state index in [1.165, 1.54) is 59.9 Å². The summed E-state index contributed by atoms with van der Waals surface area (Å²) in [5, 5.41) is 9.75. The number of para-hydroxylation sites is 2. The molecule has 0 aliphatic carbocycles. The number of hydrogen-bond donors (Lipinski definition) is 0. The molecule has 0 aliphatic heterocycles. The van der Waals surface area contributed by atoms with Crippen LogP contribution in [-0.4, -0.2) is 19.5 Å². The van der Waals surface area contributed by atoms with Crippen LogP contribution >= 0.6 is 0 Å². The zero-order valence-corrected chi connectivity index (χ0v) is 28.6. The maximum absolute atomic E-state index is 5.10. The number of fused-ring (bicyclic) bond motifs is 3. The van der Waals surface area contributed by atoms with Gasteiger partial charge < -0.3 is 4.57 Å². The average Bonchev–Trinajstić information content (AvgIpc) is 3.57. The predicted molar refractivity (Wildman–Crippen MR) is 220 cm³/mol. The van der Waals surface area contributed by atoms with Crippen molar-refractivity contribution in [3.63, 3.8) is 0 Å². The second kappa shape index (κ2) is 11.7. The SMILES string of the molecule is c1ccc(-c2nc(-c3ccccc3)nc(-c3ccc4ccc5c(-c6cccc(-n7c8ccccc8c8ccccc87)c6)ccc6ccc3c4c65)n2)cc1. The fourth-order valence-electron chi connectivity index (χ4n) is 8.19. The molecule has 0 atom stereocenters. The van der Waals surface area contributed by atoms with Crippen LogP contribution in [0.5, 0.6) is 0 Å². The first kappa shape index (κ1) is 29.5. The molecule has 0 amide bonds. The van der Waals surface area contributed by atoms with Gasteiger partial charge in [-0.3, -0.25) is 0 Å². The highest BCUT2D eigenvalue weighted by atomic mass is 15.0. The van der Waals surface area contributed by atoms with Gasteiger partial charge in [0.2, 0.25) is 0 Å². The van der Waals surface area contributed by atoms with Gasteiger partial charge in [-0.15, -0.1) is 0 Å². The molecule has 53 heavy (non-hydrogen) atoms. The van der Waals surface area contributed by atoms with Crippen LogP contribution in [0.25, 0.3) is 105 Å². The van der Waals surface area contributed by atoms with Gasteiger partial charge in [-0.2, -0.15) is 0 Å². The molecule has 9 aromatic carbocycles. The van der Waals surface area contributed by atoms with Crippen LogP contribution in [0.1, 0.15) is 0 Å². The minimum absolute atomic E-state index is 0.658. The lowest BCUT2D eigenvalue weighted by Gasteiger charge is -2.17. The fraction of sp³-hybridized carbons (Fsp3) is 0. The Bertz CT molecular complexity index is 3050. The van der Waals surface area contributed by atoms with Crippen LogP contribution in [0.4, 0.5) is 0 Å². The third-order valence-electron chi connectivity index (χ3n) is 10.6. The summed E-state index contributed by atoms with van der Waals surface area (Å²) in [5.74, 6) is 1.98. The predicted octanol–water partition coefficient (Wildman–Crippen LogP) is 12.5. The first-order valence-electron chi connectivity index (χ1n) is 18.0. The van der Waals surface area contributed by atoms with E-state index in [0.717, 1.165) is 27.8 Å². The smallest absolute Gasteiger partial charge is 0.164 e. The molecule has 11 rings (SSSR count). The van der Waals surface area contributed by atoms with Crippen LogP contribution in [0.2, 0.25) is 0 Å². The second-order valence-corrected chi connectivity index (χ2v) is 13.6. The summed E-state index contributed by atoms with van der Waals surface area (Å²) in [6, 6.07) is 64.6. The van der Waals surface area contributed by atoms with Gasteiger partial charge in [0.25, 0.3) is 0 Å². The molecule has 2 heterocycles. The van der Waals surface area contributed by atoms with Crippen LogP contribution in [-0.2, 0) is 0 Å². The van der Waals surface area contributed by atoms with Gasteiger partial charge in [0.05, 0.1) is 11.0 Å². The van der Waals surface area contributed by atoms with E-state index in [1.54, 1.807) is 0 Å². The summed E-state index contributed by atoms with van der Waals surface area (Å²) < 4.78 is 2.39. The van der Waals surface area contributed by atoms with Crippen molar-refractivity contribution >= 4 is 54.1 Å². The monoisotopic (exact) mass is 674 g/mol. The topological polar surface area (TPSA) is 43.6 Å². The molecule has 0 saturated heterocycles. The first-order chi connectivity index (χ1) is 26.3. The van der Waals surface area contributed by atoms with Crippen LogP contribution in [0, 0.1) is 0 Å². The largest absolute Gasteiger partial charge is 0.309 e. The van der Waals surface area contributed by atoms with Gasteiger partial charge >= 0.3 is 0 Å². The highest BCUT2D eigenvalue weighted by molar-refractivity contribution is 6.27. The van der Waals surface area contributed by atoms with Gasteiger partial charge in [0, 0.05) is 33.2 Å². The van der Waals surface area contributed by atoms with E-state index in [1.807, 2.05) is 36.4 Å². The van der Waals surface area contributed by atoms with E-state index in [2.05, 4.69) is 150 Å². The summed E-state index contributed by atoms with van der Waals surface area (Å²) >= 11 is 0. The molecule has 0 radical (unpaired) electrons. The van der Waals surface area contributed by atoms with Crippen molar-refractivity contribution in [1.29, 1.82) is 0 Å². The van der Waals surface area contributed by atoms with Gasteiger partial charge in [0.1, 0.15) is 0 Å². The van der Waals surface area contributed by atoms with Crippen molar-refractivity contribution in [1.82, 2.24) is 19.5 Å². The summed E-state index contributed by atoms with van der Waals surface area (Å²) in [6.07, 6.45) is 0. The Morgan fingerprint density at radius 3 is 1.40 bits per heavy atom. The second-order valence-electron chi connectivity index (χ2n) is 13.6. The molecule has 4 nitrogen and oxygen atoms in total. The minimum atomic E-state index is 0.658. The Kier molecular flexibility index (Phi) is 6.52. The number of rotatable bonds is 5. The number of nitrogens with zero attached hydrogens (tertiary/aromatic N) is 4. The normalized spacial score (nSPS) is 11.8. The Morgan fingerprint density at radius 2 is 0.792 bits per heavy atom. The molecule has 0 aliphatic rings. The lowest BCUT2D eigenvalue weighted by atomic mass is 9.88. The Labute approximate surface area is 305 Å². The molecule has 0 fully saturated rings. The van der Waals surface area contributed by atoms with Gasteiger partial charge in [-0.1, -0.05) is 152 Å². The lowest BCUT2D eigenvalue weighted by Crippen LogP contribution is -2.00. The van der Waals surface area contributed by atoms with Crippen molar-refractivity contribution < 1.29 is 0 Å². The van der Waals surface area contributed by atoms with E-state index >= 15 is 0 Å². The molecule has 0 saturated carbocycles. The third-order valence-corrected chi connectivity index (χ3v) is 10.6. The van der Waals surface area contributed by atoms with Gasteiger partial charge in [0.15, 0.2) is 17.5 Å². The summed E-state index contributed by atoms with van der Waals surface area (Å²) in [5.41, 5.74) is 8.85. The van der Waals surface area contributed by atoms with E-state index in [0.29, 0.717) is 17.5 Å². The third kappa shape index (κ3) is 4.66. The zero-order valence-electron chi connectivity index (χ0n) is 28.6. The molecule has 0 spiro atoms. The molecule has 4 heteroatoms. The fourth-order valence-corrected chi connectivity index (χ4v) is 8.19. The maximum Gasteiger partial charge on any atom is 0.164 e. The molecular formula is C49H30N4.